The summed E-state index contributed by atoms with van der Waals surface area (Å²) in [6.07, 6.45) is 1.00. The number of hydrogen-bond acceptors (Lipinski definition) is 5. The highest BCUT2D eigenvalue weighted by molar-refractivity contribution is 5.77. The molecule has 0 aliphatic heterocycles. The van der Waals surface area contributed by atoms with E-state index in [4.69, 9.17) is 9.37 Å². The number of nitrogens with zero attached hydrogens (tertiary/aromatic N) is 2. The van der Waals surface area contributed by atoms with E-state index in [1.807, 2.05) is 42.5 Å². The van der Waals surface area contributed by atoms with Gasteiger partial charge >= 0.3 is 5.97 Å². The minimum absolute atomic E-state index is 0.127. The molecule has 0 N–H and O–H groups in total. The fraction of sp³-hybridized carbons (Fsp3) is 0.318. The first-order valence-corrected chi connectivity index (χ1v) is 9.35. The first-order valence-electron chi connectivity index (χ1n) is 9.35. The molecule has 6 nitrogen and oxygen atoms in total. The van der Waals surface area contributed by atoms with Gasteiger partial charge in [0.1, 0.15) is 0 Å². The Morgan fingerprint density at radius 1 is 1.11 bits per heavy atom. The number of rotatable bonds is 7. The molecule has 1 heterocycles. The number of benzene rings is 2. The first-order chi connectivity index (χ1) is 13.5. The highest BCUT2D eigenvalue weighted by Gasteiger charge is 2.24. The van der Waals surface area contributed by atoms with Gasteiger partial charge in [-0.15, -0.1) is 0 Å². The number of hydrogen-bond donors (Lipinski definition) is 0. The van der Waals surface area contributed by atoms with Crippen molar-refractivity contribution in [3.05, 3.63) is 76.6 Å². The topological polar surface area (TPSA) is 79.3 Å². The summed E-state index contributed by atoms with van der Waals surface area (Å²) < 4.78 is 10.1. The summed E-state index contributed by atoms with van der Waals surface area (Å²) in [7, 11) is 0. The molecule has 0 saturated heterocycles. The van der Waals surface area contributed by atoms with E-state index < -0.39 is 5.92 Å². The van der Waals surface area contributed by atoms with Crippen LogP contribution in [0.3, 0.4) is 0 Å². The van der Waals surface area contributed by atoms with Gasteiger partial charge in [0.05, 0.1) is 5.92 Å². The van der Waals surface area contributed by atoms with Crippen molar-refractivity contribution in [3.8, 4) is 11.3 Å². The lowest BCUT2D eigenvalue weighted by atomic mass is 9.97. The SMILES string of the molecule is CC(C)Cc1ccc(C(C)C(=O)OCc2no[n+]([O-])c2-c2ccccc2)cc1. The molecule has 0 amide bonds. The third-order valence-corrected chi connectivity index (χ3v) is 4.56. The monoisotopic (exact) mass is 380 g/mol. The van der Waals surface area contributed by atoms with E-state index in [-0.39, 0.29) is 24.0 Å². The summed E-state index contributed by atoms with van der Waals surface area (Å²) in [6.45, 7) is 6.02. The van der Waals surface area contributed by atoms with Crippen LogP contribution in [-0.2, 0) is 22.6 Å². The summed E-state index contributed by atoms with van der Waals surface area (Å²) in [6, 6.07) is 17.0. The molecule has 0 bridgehead atoms. The molecule has 0 saturated carbocycles. The Morgan fingerprint density at radius 2 is 1.79 bits per heavy atom. The fourth-order valence-corrected chi connectivity index (χ4v) is 3.05. The zero-order chi connectivity index (χ0) is 20.1. The zero-order valence-corrected chi connectivity index (χ0v) is 16.3. The van der Waals surface area contributed by atoms with Crippen LogP contribution in [0.15, 0.2) is 59.2 Å². The third-order valence-electron chi connectivity index (χ3n) is 4.56. The molecule has 1 unspecified atom stereocenters. The molecule has 0 fully saturated rings. The van der Waals surface area contributed by atoms with Crippen LogP contribution in [-0.4, -0.2) is 11.1 Å². The van der Waals surface area contributed by atoms with Crippen LogP contribution in [0.2, 0.25) is 0 Å². The van der Waals surface area contributed by atoms with Gasteiger partial charge in [-0.1, -0.05) is 68.4 Å². The maximum absolute atomic E-state index is 12.5. The minimum Gasteiger partial charge on any atom is -0.456 e. The Balaban J connectivity index is 1.66. The summed E-state index contributed by atoms with van der Waals surface area (Å²) in [5, 5.41) is 15.6. The van der Waals surface area contributed by atoms with E-state index in [0.717, 1.165) is 12.0 Å². The highest BCUT2D eigenvalue weighted by atomic mass is 16.8. The molecule has 1 aromatic heterocycles. The Hall–Kier alpha value is -3.15. The van der Waals surface area contributed by atoms with Crippen molar-refractivity contribution < 1.29 is 19.1 Å². The predicted molar refractivity (Wildman–Crippen MR) is 104 cm³/mol. The van der Waals surface area contributed by atoms with Gasteiger partial charge < -0.3 is 9.94 Å². The summed E-state index contributed by atoms with van der Waals surface area (Å²) in [4.78, 5) is 12.8. The van der Waals surface area contributed by atoms with Gasteiger partial charge in [0, 0.05) is 10.7 Å². The van der Waals surface area contributed by atoms with Crippen LogP contribution in [0.25, 0.3) is 11.3 Å². The van der Waals surface area contributed by atoms with Gasteiger partial charge in [0.2, 0.25) is 5.69 Å². The van der Waals surface area contributed by atoms with E-state index >= 15 is 0 Å². The van der Waals surface area contributed by atoms with Crippen LogP contribution < -0.4 is 4.90 Å². The molecule has 0 radical (unpaired) electrons. The van der Waals surface area contributed by atoms with Gasteiger partial charge in [0.15, 0.2) is 6.61 Å². The van der Waals surface area contributed by atoms with Crippen molar-refractivity contribution in [2.75, 3.05) is 0 Å². The molecule has 0 spiro atoms. The van der Waals surface area contributed by atoms with Crippen molar-refractivity contribution in [2.24, 2.45) is 5.92 Å². The normalized spacial score (nSPS) is 12.1. The molecule has 3 aromatic rings. The first kappa shape index (κ1) is 19.6. The standard InChI is InChI=1S/C22H24N2O4/c1-15(2)13-17-9-11-18(12-10-17)16(3)22(25)27-14-20-21(24(26)28-23-20)19-7-5-4-6-8-19/h4-12,15-16H,13-14H2,1-3H3. The molecule has 1 atom stereocenters. The molecule has 0 aliphatic rings. The molecule has 6 heteroatoms. The van der Waals surface area contributed by atoms with E-state index in [0.29, 0.717) is 16.4 Å². The van der Waals surface area contributed by atoms with Crippen molar-refractivity contribution in [1.29, 1.82) is 0 Å². The lowest BCUT2D eigenvalue weighted by Gasteiger charge is -2.12. The average molecular weight is 380 g/mol. The van der Waals surface area contributed by atoms with E-state index in [1.165, 1.54) is 5.56 Å². The molecule has 146 valence electrons. The second-order valence-electron chi connectivity index (χ2n) is 7.26. The molecule has 2 aromatic carbocycles. The van der Waals surface area contributed by atoms with Crippen LogP contribution in [0.5, 0.6) is 0 Å². The molecular weight excluding hydrogens is 356 g/mol. The zero-order valence-electron chi connectivity index (χ0n) is 16.3. The van der Waals surface area contributed by atoms with E-state index in [2.05, 4.69) is 19.0 Å². The lowest BCUT2D eigenvalue weighted by Crippen LogP contribution is -2.25. The number of esters is 1. The Morgan fingerprint density at radius 3 is 2.43 bits per heavy atom. The predicted octanol–water partition coefficient (Wildman–Crippen LogP) is 4.02. The molecule has 3 rings (SSSR count). The van der Waals surface area contributed by atoms with Crippen molar-refractivity contribution >= 4 is 5.97 Å². The van der Waals surface area contributed by atoms with Crippen molar-refractivity contribution in [3.63, 3.8) is 0 Å². The van der Waals surface area contributed by atoms with Crippen LogP contribution in [0, 0.1) is 11.1 Å². The average Bonchev–Trinajstić information content (AvgIpc) is 3.06. The number of aromatic nitrogens is 2. The van der Waals surface area contributed by atoms with Crippen LogP contribution in [0.4, 0.5) is 0 Å². The van der Waals surface area contributed by atoms with E-state index in [9.17, 15) is 10.0 Å². The van der Waals surface area contributed by atoms with Crippen LogP contribution in [0.1, 0.15) is 43.5 Å². The summed E-state index contributed by atoms with van der Waals surface area (Å²) >= 11 is 0. The maximum atomic E-state index is 12.5. The van der Waals surface area contributed by atoms with Crippen LogP contribution >= 0.6 is 0 Å². The van der Waals surface area contributed by atoms with E-state index in [1.54, 1.807) is 19.1 Å². The molecule has 28 heavy (non-hydrogen) atoms. The summed E-state index contributed by atoms with van der Waals surface area (Å²) in [5.74, 6) is -0.214. The number of carbonyl (C=O) groups is 1. The quantitative estimate of drug-likeness (QED) is 0.457. The third kappa shape index (κ3) is 4.57. The fourth-order valence-electron chi connectivity index (χ4n) is 3.05. The highest BCUT2D eigenvalue weighted by Crippen LogP contribution is 2.22. The van der Waals surface area contributed by atoms with Crippen molar-refractivity contribution in [2.45, 2.75) is 39.7 Å². The Labute approximate surface area is 164 Å². The second-order valence-corrected chi connectivity index (χ2v) is 7.26. The van der Waals surface area contributed by atoms with Gasteiger partial charge in [0.25, 0.3) is 5.69 Å². The Bertz CT molecular complexity index is 917. The Kier molecular flexibility index (Phi) is 6.09. The van der Waals surface area contributed by atoms with Gasteiger partial charge in [-0.2, -0.15) is 0 Å². The minimum atomic E-state index is -0.417. The molecular formula is C22H24N2O4. The van der Waals surface area contributed by atoms with Gasteiger partial charge in [-0.3, -0.25) is 9.42 Å². The maximum Gasteiger partial charge on any atom is 0.313 e. The lowest BCUT2D eigenvalue weighted by molar-refractivity contribution is -0.793. The largest absolute Gasteiger partial charge is 0.456 e. The summed E-state index contributed by atoms with van der Waals surface area (Å²) in [5.41, 5.74) is 3.32. The molecule has 0 aliphatic carbocycles. The van der Waals surface area contributed by atoms with Gasteiger partial charge in [-0.25, -0.2) is 0 Å². The second kappa shape index (κ2) is 8.69. The van der Waals surface area contributed by atoms with Gasteiger partial charge in [-0.05, 0) is 35.3 Å². The number of ether oxygens (including phenoxy) is 1. The smallest absolute Gasteiger partial charge is 0.313 e. The van der Waals surface area contributed by atoms with Crippen molar-refractivity contribution in [1.82, 2.24) is 5.16 Å². The number of carbonyl (C=O) groups excluding carboxylic acids is 1.